The number of halogens is 1. The largest absolute Gasteiger partial charge is 0.506 e. The van der Waals surface area contributed by atoms with Crippen LogP contribution >= 0.6 is 11.6 Å². The van der Waals surface area contributed by atoms with Crippen LogP contribution in [0.2, 0.25) is 0 Å². The summed E-state index contributed by atoms with van der Waals surface area (Å²) in [6.45, 7) is 6.83. The molecule has 13 heteroatoms. The molecule has 0 spiro atoms. The molecule has 4 rings (SSSR count). The van der Waals surface area contributed by atoms with Crippen molar-refractivity contribution < 1.29 is 39.6 Å². The molecule has 216 valence electrons. The Balaban J connectivity index is 0.000000247. The third-order valence-electron chi connectivity index (χ3n) is 5.27. The lowest BCUT2D eigenvalue weighted by Crippen LogP contribution is -2.12. The van der Waals surface area contributed by atoms with Crippen molar-refractivity contribution >= 4 is 51.8 Å². The predicted octanol–water partition coefficient (Wildman–Crippen LogP) is 5.50. The zero-order chi connectivity index (χ0) is 32.1. The molecule has 7 N–H and O–H groups in total. The van der Waals surface area contributed by atoms with Crippen LogP contribution in [-0.2, 0) is 0 Å². The van der Waals surface area contributed by atoms with E-state index < -0.39 is 23.1 Å². The molecule has 4 aromatic carbocycles. The third kappa shape index (κ3) is 9.95. The van der Waals surface area contributed by atoms with Crippen LogP contribution in [0.25, 0.3) is 4.85 Å². The summed E-state index contributed by atoms with van der Waals surface area (Å²) in [4.78, 5) is 46.9. The van der Waals surface area contributed by atoms with Gasteiger partial charge in [-0.25, -0.2) is 14.4 Å². The van der Waals surface area contributed by atoms with Gasteiger partial charge in [-0.3, -0.25) is 9.59 Å². The summed E-state index contributed by atoms with van der Waals surface area (Å²) >= 11 is 5.18. The number of phenols is 2. The minimum atomic E-state index is -1.16. The van der Waals surface area contributed by atoms with E-state index in [-0.39, 0.29) is 34.0 Å². The number of hydrogen-bond acceptors (Lipinski definition) is 8. The highest BCUT2D eigenvalue weighted by Crippen LogP contribution is 2.25. The van der Waals surface area contributed by atoms with Gasteiger partial charge in [0.05, 0.1) is 40.7 Å². The molecule has 4 aromatic rings. The van der Waals surface area contributed by atoms with Gasteiger partial charge >= 0.3 is 11.9 Å². The number of aromatic hydroxyl groups is 2. The molecule has 0 aliphatic carbocycles. The Labute approximate surface area is 249 Å². The quantitative estimate of drug-likeness (QED) is 0.0731. The van der Waals surface area contributed by atoms with Gasteiger partial charge in [0, 0.05) is 11.1 Å². The lowest BCUT2D eigenvalue weighted by Gasteiger charge is -2.08. The number of carboxylic acids is 2. The average Bonchev–Trinajstić information content (AvgIpc) is 3.00. The van der Waals surface area contributed by atoms with Crippen LogP contribution < -0.4 is 11.1 Å². The van der Waals surface area contributed by atoms with Crippen molar-refractivity contribution in [2.24, 2.45) is 0 Å². The van der Waals surface area contributed by atoms with Crippen LogP contribution in [0.15, 0.2) is 84.9 Å². The van der Waals surface area contributed by atoms with E-state index in [1.165, 1.54) is 72.8 Å². The normalized spacial score (nSPS) is 9.37. The number of aromatic carboxylic acids is 2. The maximum atomic E-state index is 12.0. The first-order valence-electron chi connectivity index (χ1n) is 11.7. The highest BCUT2D eigenvalue weighted by atomic mass is 35.5. The molecule has 43 heavy (non-hydrogen) atoms. The highest BCUT2D eigenvalue weighted by molar-refractivity contribution is 6.67. The first kappa shape index (κ1) is 32.8. The average molecular weight is 601 g/mol. The first-order valence-corrected chi connectivity index (χ1v) is 12.1. The number of phenolic OH excluding ortho intramolecular Hbond substituents is 2. The third-order valence-corrected chi connectivity index (χ3v) is 5.48. The first-order chi connectivity index (χ1) is 20.4. The van der Waals surface area contributed by atoms with Gasteiger partial charge in [-0.1, -0.05) is 24.3 Å². The summed E-state index contributed by atoms with van der Waals surface area (Å²) < 4.78 is 0. The minimum absolute atomic E-state index is 0.00848. The van der Waals surface area contributed by atoms with E-state index in [1.54, 1.807) is 12.1 Å². The van der Waals surface area contributed by atoms with E-state index in [1.807, 2.05) is 6.07 Å². The van der Waals surface area contributed by atoms with Crippen molar-refractivity contribution in [2.75, 3.05) is 11.1 Å². The Morgan fingerprint density at radius 3 is 1.72 bits per heavy atom. The Kier molecular flexibility index (Phi) is 11.8. The van der Waals surface area contributed by atoms with Crippen LogP contribution in [0, 0.1) is 17.9 Å². The molecule has 0 radical (unpaired) electrons. The molecular formula is C30H21ClN4O8. The van der Waals surface area contributed by atoms with E-state index in [4.69, 9.17) is 44.5 Å². The number of nitriles is 1. The monoisotopic (exact) mass is 600 g/mol. The standard InChI is InChI=1S/C15H10N2O4.C8H4ClNO.C7H7NO3/c1-16-11-5-2-9(3-6-11)14(19)17-12-8-10(15(20)21)4-7-13(12)18;9-8(11)7-3-1-6(5-10)2-4-7;8-5-3-4(7(10)11)1-2-6(5)9/h2-8,18H,(H,17,19)(H,20,21);1-4H;1-3,9H,8H2,(H,10,11). The fraction of sp³-hybridized carbons (Fsp3) is 0. The molecule has 0 aliphatic heterocycles. The summed E-state index contributed by atoms with van der Waals surface area (Å²) in [6, 6.07) is 21.4. The number of carboxylic acid groups (broad SMARTS) is 2. The Hall–Kier alpha value is -6.37. The van der Waals surface area contributed by atoms with Crippen molar-refractivity contribution in [1.29, 1.82) is 5.26 Å². The number of rotatable bonds is 5. The zero-order valence-electron chi connectivity index (χ0n) is 21.9. The van der Waals surface area contributed by atoms with Crippen LogP contribution in [0.4, 0.5) is 17.1 Å². The molecule has 12 nitrogen and oxygen atoms in total. The topological polar surface area (TPSA) is 215 Å². The number of benzene rings is 4. The van der Waals surface area contributed by atoms with E-state index in [9.17, 15) is 24.3 Å². The maximum absolute atomic E-state index is 12.0. The van der Waals surface area contributed by atoms with Crippen molar-refractivity contribution in [2.45, 2.75) is 0 Å². The number of carbonyl (C=O) groups excluding carboxylic acids is 2. The number of nitrogen functional groups attached to an aromatic ring is 1. The van der Waals surface area contributed by atoms with Crippen LogP contribution in [0.5, 0.6) is 11.5 Å². The Morgan fingerprint density at radius 2 is 1.26 bits per heavy atom. The zero-order valence-corrected chi connectivity index (χ0v) is 22.6. The number of amides is 1. The molecule has 0 aliphatic rings. The number of anilines is 2. The molecule has 0 fully saturated rings. The second-order valence-corrected chi connectivity index (χ2v) is 8.53. The van der Waals surface area contributed by atoms with Gasteiger partial charge in [-0.2, -0.15) is 5.26 Å². The Morgan fingerprint density at radius 1 is 0.767 bits per heavy atom. The summed E-state index contributed by atoms with van der Waals surface area (Å²) in [5, 5.41) is 46.2. The molecule has 0 saturated carbocycles. The van der Waals surface area contributed by atoms with E-state index in [0.717, 1.165) is 0 Å². The van der Waals surface area contributed by atoms with Crippen LogP contribution in [-0.4, -0.2) is 43.5 Å². The fourth-order valence-corrected chi connectivity index (χ4v) is 3.14. The number of nitrogens with two attached hydrogens (primary N) is 1. The summed E-state index contributed by atoms with van der Waals surface area (Å²) in [5.41, 5.74) is 6.97. The Bertz CT molecular complexity index is 1740. The van der Waals surface area contributed by atoms with E-state index in [2.05, 4.69) is 10.2 Å². The summed E-state index contributed by atoms with van der Waals surface area (Å²) in [5.74, 6) is -3.06. The van der Waals surface area contributed by atoms with Gasteiger partial charge in [0.2, 0.25) is 0 Å². The van der Waals surface area contributed by atoms with Gasteiger partial charge in [0.15, 0.2) is 5.69 Å². The fourth-order valence-electron chi connectivity index (χ4n) is 3.01. The molecular weight excluding hydrogens is 580 g/mol. The van der Waals surface area contributed by atoms with Gasteiger partial charge in [-0.05, 0) is 72.3 Å². The maximum Gasteiger partial charge on any atom is 0.335 e. The number of hydrogen-bond donors (Lipinski definition) is 6. The second kappa shape index (κ2) is 15.4. The van der Waals surface area contributed by atoms with Gasteiger partial charge in [0.25, 0.3) is 11.1 Å². The van der Waals surface area contributed by atoms with Crippen molar-refractivity contribution in [3.63, 3.8) is 0 Å². The van der Waals surface area contributed by atoms with Crippen molar-refractivity contribution in [3.05, 3.63) is 124 Å². The molecule has 0 bridgehead atoms. The van der Waals surface area contributed by atoms with Crippen molar-refractivity contribution in [3.8, 4) is 17.6 Å². The van der Waals surface area contributed by atoms with Crippen molar-refractivity contribution in [1.82, 2.24) is 0 Å². The molecule has 0 heterocycles. The smallest absolute Gasteiger partial charge is 0.335 e. The minimum Gasteiger partial charge on any atom is -0.506 e. The number of nitrogens with one attached hydrogen (secondary N) is 1. The molecule has 0 unspecified atom stereocenters. The van der Waals surface area contributed by atoms with Crippen LogP contribution in [0.1, 0.15) is 47.0 Å². The van der Waals surface area contributed by atoms with E-state index in [0.29, 0.717) is 22.4 Å². The lowest BCUT2D eigenvalue weighted by molar-refractivity contribution is 0.0686. The summed E-state index contributed by atoms with van der Waals surface area (Å²) in [7, 11) is 0. The molecule has 1 amide bonds. The lowest BCUT2D eigenvalue weighted by atomic mass is 10.1. The van der Waals surface area contributed by atoms with E-state index >= 15 is 0 Å². The highest BCUT2D eigenvalue weighted by Gasteiger charge is 2.12. The van der Waals surface area contributed by atoms with Crippen LogP contribution in [0.3, 0.4) is 0 Å². The molecule has 0 saturated heterocycles. The summed E-state index contributed by atoms with van der Waals surface area (Å²) in [6.07, 6.45) is 0. The predicted molar refractivity (Wildman–Crippen MR) is 157 cm³/mol. The second-order valence-electron chi connectivity index (χ2n) is 8.19. The van der Waals surface area contributed by atoms with Gasteiger partial charge in [-0.15, -0.1) is 0 Å². The number of carbonyl (C=O) groups is 4. The SMILES string of the molecule is N#Cc1ccc(C(=O)Cl)cc1.Nc1cc(C(=O)O)ccc1O.[C-]#[N+]c1ccc(C(=O)Nc2cc(C(=O)O)ccc2O)cc1. The molecule has 0 aromatic heterocycles. The van der Waals surface area contributed by atoms with Gasteiger partial charge < -0.3 is 31.5 Å². The molecule has 0 atom stereocenters. The number of nitrogens with zero attached hydrogens (tertiary/aromatic N) is 2. The van der Waals surface area contributed by atoms with Gasteiger partial charge in [0.1, 0.15) is 11.5 Å².